The van der Waals surface area contributed by atoms with Crippen molar-refractivity contribution in [3.05, 3.63) is 94.0 Å². The fourth-order valence-corrected chi connectivity index (χ4v) is 3.89. The van der Waals surface area contributed by atoms with Crippen molar-refractivity contribution in [1.29, 1.82) is 0 Å². The molecule has 0 bridgehead atoms. The van der Waals surface area contributed by atoms with Gasteiger partial charge in [-0.3, -0.25) is 4.79 Å². The van der Waals surface area contributed by atoms with Crippen LogP contribution in [0.1, 0.15) is 45.1 Å². The van der Waals surface area contributed by atoms with E-state index in [1.807, 2.05) is 74.5 Å². The Kier molecular flexibility index (Phi) is 4.38. The normalized spacial score (nSPS) is 14.5. The lowest BCUT2D eigenvalue weighted by atomic mass is 9.77. The van der Waals surface area contributed by atoms with Gasteiger partial charge in [0.25, 0.3) is 5.97 Å². The van der Waals surface area contributed by atoms with E-state index in [0.717, 1.165) is 46.2 Å². The average molecular weight is 388 g/mol. The molecule has 29 heavy (non-hydrogen) atoms. The maximum atomic E-state index is 12.6. The van der Waals surface area contributed by atoms with Gasteiger partial charge < -0.3 is 14.6 Å². The van der Waals surface area contributed by atoms with Crippen molar-refractivity contribution in [3.8, 4) is 11.5 Å². The van der Waals surface area contributed by atoms with Crippen molar-refractivity contribution in [2.24, 2.45) is 0 Å². The third-order valence-corrected chi connectivity index (χ3v) is 5.02. The van der Waals surface area contributed by atoms with E-state index in [0.29, 0.717) is 5.56 Å². The van der Waals surface area contributed by atoms with Crippen LogP contribution in [0.3, 0.4) is 0 Å². The largest absolute Gasteiger partial charge is 0.481 e. The molecule has 0 fully saturated rings. The van der Waals surface area contributed by atoms with Gasteiger partial charge >= 0.3 is 5.97 Å². The maximum Gasteiger partial charge on any atom is 0.340 e. The number of hydrogen-bond acceptors (Lipinski definition) is 4. The number of aliphatic carboxylic acids is 1. The summed E-state index contributed by atoms with van der Waals surface area (Å²) in [7, 11) is 0. The Hall–Kier alpha value is -3.60. The number of fused-ring (bicyclic) bond motifs is 6. The number of carbonyl (C=O) groups excluding carboxylic acids is 1. The van der Waals surface area contributed by atoms with E-state index in [1.165, 1.54) is 0 Å². The van der Waals surface area contributed by atoms with Crippen molar-refractivity contribution in [1.82, 2.24) is 0 Å². The number of benzene rings is 3. The highest BCUT2D eigenvalue weighted by Crippen LogP contribution is 2.56. The third kappa shape index (κ3) is 2.95. The smallest absolute Gasteiger partial charge is 0.340 e. The van der Waals surface area contributed by atoms with Crippen LogP contribution >= 0.6 is 0 Å². The lowest BCUT2D eigenvalue weighted by Gasteiger charge is -2.36. The Morgan fingerprint density at radius 1 is 0.862 bits per heavy atom. The zero-order valence-electron chi connectivity index (χ0n) is 16.4. The minimum atomic E-state index is -0.946. The number of aryl methyl sites for hydroxylation is 2. The molecule has 1 N–H and O–H groups in total. The lowest BCUT2D eigenvalue weighted by Crippen LogP contribution is -2.33. The van der Waals surface area contributed by atoms with Crippen molar-refractivity contribution in [3.63, 3.8) is 0 Å². The van der Waals surface area contributed by atoms with Gasteiger partial charge in [0.2, 0.25) is 0 Å². The van der Waals surface area contributed by atoms with Crippen LogP contribution in [0, 0.1) is 13.8 Å². The third-order valence-electron chi connectivity index (χ3n) is 5.02. The van der Waals surface area contributed by atoms with E-state index in [2.05, 4.69) is 0 Å². The molecule has 146 valence electrons. The summed E-state index contributed by atoms with van der Waals surface area (Å²) < 4.78 is 12.3. The Labute approximate surface area is 168 Å². The molecule has 0 saturated heterocycles. The molecule has 5 heteroatoms. The second kappa shape index (κ2) is 6.78. The highest BCUT2D eigenvalue weighted by Gasteiger charge is 2.53. The van der Waals surface area contributed by atoms with E-state index in [4.69, 9.17) is 19.4 Å². The SMILES string of the molecule is CC(=O)O.Cc1ccc2c(c1)Oc1cc(C)ccc1C21OC(=O)c2ccccc21. The Morgan fingerprint density at radius 3 is 1.93 bits per heavy atom. The monoisotopic (exact) mass is 388 g/mol. The van der Waals surface area contributed by atoms with Crippen LogP contribution in [-0.2, 0) is 15.1 Å². The van der Waals surface area contributed by atoms with E-state index in [-0.39, 0.29) is 5.97 Å². The van der Waals surface area contributed by atoms with Gasteiger partial charge in [-0.05, 0) is 43.2 Å². The standard InChI is InChI=1S/C22H16O3.C2H4O2/c1-13-7-9-17-19(11-13)24-20-12-14(2)8-10-18(20)22(17)16-6-4-3-5-15(16)21(23)25-22;1-2(3)4/h3-12H,1-2H3;1H3,(H,3,4). The highest BCUT2D eigenvalue weighted by molar-refractivity contribution is 5.97. The average Bonchev–Trinajstić information content (AvgIpc) is 2.95. The van der Waals surface area contributed by atoms with Crippen LogP contribution < -0.4 is 4.74 Å². The fraction of sp³-hybridized carbons (Fsp3) is 0.167. The number of carbonyl (C=O) groups is 2. The zero-order chi connectivity index (χ0) is 20.8. The molecule has 0 unspecified atom stereocenters. The summed E-state index contributed by atoms with van der Waals surface area (Å²) in [5, 5.41) is 7.42. The molecule has 3 aromatic carbocycles. The van der Waals surface area contributed by atoms with E-state index in [1.54, 1.807) is 0 Å². The molecular formula is C24H20O5. The number of carboxylic acids is 1. The summed E-state index contributed by atoms with van der Waals surface area (Å²) in [6.07, 6.45) is 0. The first-order valence-corrected chi connectivity index (χ1v) is 9.25. The predicted molar refractivity (Wildman–Crippen MR) is 107 cm³/mol. The Morgan fingerprint density at radius 2 is 1.38 bits per heavy atom. The van der Waals surface area contributed by atoms with Gasteiger partial charge in [-0.1, -0.05) is 42.5 Å². The first-order chi connectivity index (χ1) is 13.8. The van der Waals surface area contributed by atoms with Crippen LogP contribution in [0.25, 0.3) is 0 Å². The molecule has 0 atom stereocenters. The minimum Gasteiger partial charge on any atom is -0.481 e. The molecule has 3 aromatic rings. The van der Waals surface area contributed by atoms with Crippen LogP contribution in [-0.4, -0.2) is 17.0 Å². The van der Waals surface area contributed by atoms with Gasteiger partial charge in [0.1, 0.15) is 11.5 Å². The molecule has 5 rings (SSSR count). The van der Waals surface area contributed by atoms with Gasteiger partial charge in [-0.2, -0.15) is 0 Å². The zero-order valence-corrected chi connectivity index (χ0v) is 16.4. The molecule has 0 amide bonds. The van der Waals surface area contributed by atoms with Crippen LogP contribution in [0.2, 0.25) is 0 Å². The Balaban J connectivity index is 0.000000472. The van der Waals surface area contributed by atoms with Gasteiger partial charge in [0.15, 0.2) is 5.60 Å². The number of rotatable bonds is 0. The number of esters is 1. The second-order valence-corrected chi connectivity index (χ2v) is 7.24. The van der Waals surface area contributed by atoms with E-state index < -0.39 is 11.6 Å². The van der Waals surface area contributed by atoms with Crippen molar-refractivity contribution >= 4 is 11.9 Å². The Bertz CT molecular complexity index is 1090. The molecule has 1 spiro atoms. The van der Waals surface area contributed by atoms with Gasteiger partial charge in [0, 0.05) is 23.6 Å². The summed E-state index contributed by atoms with van der Waals surface area (Å²) >= 11 is 0. The number of hydrogen-bond donors (Lipinski definition) is 1. The molecular weight excluding hydrogens is 368 g/mol. The van der Waals surface area contributed by atoms with Gasteiger partial charge in [-0.25, -0.2) is 4.79 Å². The lowest BCUT2D eigenvalue weighted by molar-refractivity contribution is -0.134. The minimum absolute atomic E-state index is 0.296. The first-order valence-electron chi connectivity index (χ1n) is 9.25. The fourth-order valence-electron chi connectivity index (χ4n) is 3.89. The summed E-state index contributed by atoms with van der Waals surface area (Å²) in [5.41, 5.74) is 4.48. The van der Waals surface area contributed by atoms with E-state index >= 15 is 0 Å². The molecule has 2 aliphatic heterocycles. The molecule has 0 aromatic heterocycles. The van der Waals surface area contributed by atoms with Crippen LogP contribution in [0.5, 0.6) is 11.5 Å². The number of carboxylic acid groups (broad SMARTS) is 1. The second-order valence-electron chi connectivity index (χ2n) is 7.24. The summed E-state index contributed by atoms with van der Waals surface area (Å²) in [6, 6.07) is 19.7. The van der Waals surface area contributed by atoms with E-state index in [9.17, 15) is 4.79 Å². The first kappa shape index (κ1) is 18.7. The van der Waals surface area contributed by atoms with Crippen molar-refractivity contribution in [2.45, 2.75) is 26.4 Å². The topological polar surface area (TPSA) is 72.8 Å². The predicted octanol–water partition coefficient (Wildman–Crippen LogP) is 4.96. The van der Waals surface area contributed by atoms with Crippen molar-refractivity contribution in [2.75, 3.05) is 0 Å². The molecule has 0 radical (unpaired) electrons. The van der Waals surface area contributed by atoms with Crippen LogP contribution in [0.15, 0.2) is 60.7 Å². The number of ether oxygens (including phenoxy) is 2. The molecule has 2 heterocycles. The molecule has 0 saturated carbocycles. The summed E-state index contributed by atoms with van der Waals surface area (Å²) in [6.45, 7) is 5.13. The van der Waals surface area contributed by atoms with Crippen LogP contribution in [0.4, 0.5) is 0 Å². The molecule has 0 aliphatic carbocycles. The van der Waals surface area contributed by atoms with Gasteiger partial charge in [0.05, 0.1) is 5.56 Å². The highest BCUT2D eigenvalue weighted by atomic mass is 16.6. The quantitative estimate of drug-likeness (QED) is 0.551. The molecule has 5 nitrogen and oxygen atoms in total. The maximum absolute atomic E-state index is 12.6. The molecule has 2 aliphatic rings. The summed E-state index contributed by atoms with van der Waals surface area (Å²) in [4.78, 5) is 21.6. The summed E-state index contributed by atoms with van der Waals surface area (Å²) in [5.74, 6) is 0.348. The van der Waals surface area contributed by atoms with Gasteiger partial charge in [-0.15, -0.1) is 0 Å². The van der Waals surface area contributed by atoms with Crippen molar-refractivity contribution < 1.29 is 24.2 Å².